The van der Waals surface area contributed by atoms with Crippen LogP contribution in [0.2, 0.25) is 0 Å². The maximum atomic E-state index is 5.71. The van der Waals surface area contributed by atoms with E-state index in [0.717, 1.165) is 37.9 Å². The lowest BCUT2D eigenvalue weighted by Gasteiger charge is -2.25. The van der Waals surface area contributed by atoms with Gasteiger partial charge in [0.15, 0.2) is 5.79 Å². The second-order valence-electron chi connectivity index (χ2n) is 4.44. The normalized spacial score (nSPS) is 44.0. The molecule has 0 aromatic carbocycles. The van der Waals surface area contributed by atoms with E-state index in [1.807, 2.05) is 0 Å². The van der Waals surface area contributed by atoms with Gasteiger partial charge in [0.2, 0.25) is 0 Å². The molecule has 1 heterocycles. The molecule has 12 heavy (non-hydrogen) atoms. The number of hydrogen-bond donors (Lipinski definition) is 0. The van der Waals surface area contributed by atoms with Crippen LogP contribution in [0.4, 0.5) is 0 Å². The van der Waals surface area contributed by atoms with Crippen molar-refractivity contribution >= 4 is 0 Å². The minimum absolute atomic E-state index is 0.132. The highest BCUT2D eigenvalue weighted by molar-refractivity contribution is 4.93. The SMILES string of the molecule is C1COC2(CC[C@@H]3C[C@@H]3CC2)O1. The van der Waals surface area contributed by atoms with Crippen molar-refractivity contribution in [1.29, 1.82) is 0 Å². The standard InChI is InChI=1S/C10H16O2/c1-3-10(11-5-6-12-10)4-2-9-7-8(1)9/h8-9H,1-7H2/t8-,9+. The lowest BCUT2D eigenvalue weighted by molar-refractivity contribution is -0.166. The summed E-state index contributed by atoms with van der Waals surface area (Å²) in [6.07, 6.45) is 6.45. The van der Waals surface area contributed by atoms with Gasteiger partial charge in [0.1, 0.15) is 0 Å². The van der Waals surface area contributed by atoms with Crippen LogP contribution >= 0.6 is 0 Å². The molecule has 0 bridgehead atoms. The molecule has 1 aliphatic heterocycles. The molecule has 0 aromatic heterocycles. The van der Waals surface area contributed by atoms with Gasteiger partial charge in [0, 0.05) is 12.8 Å². The predicted octanol–water partition coefficient (Wildman–Crippen LogP) is 1.94. The van der Waals surface area contributed by atoms with Crippen LogP contribution in [0.15, 0.2) is 0 Å². The third kappa shape index (κ3) is 1.09. The average Bonchev–Trinajstić information content (AvgIpc) is 2.70. The summed E-state index contributed by atoms with van der Waals surface area (Å²) in [4.78, 5) is 0. The third-order valence-corrected chi connectivity index (χ3v) is 3.67. The molecule has 3 rings (SSSR count). The van der Waals surface area contributed by atoms with E-state index >= 15 is 0 Å². The smallest absolute Gasteiger partial charge is 0.168 e. The minimum Gasteiger partial charge on any atom is -0.348 e. The van der Waals surface area contributed by atoms with Gasteiger partial charge in [-0.3, -0.25) is 0 Å². The van der Waals surface area contributed by atoms with E-state index in [1.165, 1.54) is 19.3 Å². The Labute approximate surface area is 73.2 Å². The Morgan fingerprint density at radius 3 is 2.08 bits per heavy atom. The molecule has 0 amide bonds. The van der Waals surface area contributed by atoms with E-state index < -0.39 is 0 Å². The van der Waals surface area contributed by atoms with Crippen molar-refractivity contribution in [2.24, 2.45) is 11.8 Å². The van der Waals surface area contributed by atoms with Crippen molar-refractivity contribution in [3.05, 3.63) is 0 Å². The van der Waals surface area contributed by atoms with Crippen LogP contribution in [0.1, 0.15) is 32.1 Å². The van der Waals surface area contributed by atoms with E-state index in [9.17, 15) is 0 Å². The fraction of sp³-hybridized carbons (Fsp3) is 1.00. The molecular formula is C10H16O2. The number of rotatable bonds is 0. The summed E-state index contributed by atoms with van der Waals surface area (Å²) in [5.41, 5.74) is 0. The van der Waals surface area contributed by atoms with Gasteiger partial charge in [-0.2, -0.15) is 0 Å². The molecule has 2 saturated carbocycles. The van der Waals surface area contributed by atoms with Gasteiger partial charge in [0.05, 0.1) is 13.2 Å². The van der Waals surface area contributed by atoms with Crippen LogP contribution in [-0.4, -0.2) is 19.0 Å². The monoisotopic (exact) mass is 168 g/mol. The van der Waals surface area contributed by atoms with Crippen LogP contribution in [0.5, 0.6) is 0 Å². The Bertz CT molecular complexity index is 170. The summed E-state index contributed by atoms with van der Waals surface area (Å²) >= 11 is 0. The second-order valence-corrected chi connectivity index (χ2v) is 4.44. The molecule has 3 aliphatic rings. The Hall–Kier alpha value is -0.0800. The average molecular weight is 168 g/mol. The fourth-order valence-corrected chi connectivity index (χ4v) is 2.74. The Morgan fingerprint density at radius 2 is 1.50 bits per heavy atom. The molecule has 2 atom stereocenters. The third-order valence-electron chi connectivity index (χ3n) is 3.67. The van der Waals surface area contributed by atoms with Crippen LogP contribution < -0.4 is 0 Å². The lowest BCUT2D eigenvalue weighted by atomic mass is 10.1. The van der Waals surface area contributed by atoms with Crippen LogP contribution in [0, 0.1) is 11.8 Å². The topological polar surface area (TPSA) is 18.5 Å². The van der Waals surface area contributed by atoms with Gasteiger partial charge in [-0.25, -0.2) is 0 Å². The summed E-state index contributed by atoms with van der Waals surface area (Å²) in [5, 5.41) is 0. The first-order chi connectivity index (χ1) is 5.88. The van der Waals surface area contributed by atoms with Crippen molar-refractivity contribution < 1.29 is 9.47 Å². The maximum Gasteiger partial charge on any atom is 0.168 e. The molecule has 0 N–H and O–H groups in total. The largest absolute Gasteiger partial charge is 0.348 e. The quantitative estimate of drug-likeness (QED) is 0.550. The highest BCUT2D eigenvalue weighted by atomic mass is 16.7. The molecule has 1 saturated heterocycles. The molecule has 68 valence electrons. The summed E-state index contributed by atoms with van der Waals surface area (Å²) in [6.45, 7) is 1.63. The first kappa shape index (κ1) is 7.34. The van der Waals surface area contributed by atoms with Crippen molar-refractivity contribution in [1.82, 2.24) is 0 Å². The Kier molecular flexibility index (Phi) is 1.50. The van der Waals surface area contributed by atoms with Crippen molar-refractivity contribution in [3.8, 4) is 0 Å². The van der Waals surface area contributed by atoms with Gasteiger partial charge < -0.3 is 9.47 Å². The zero-order valence-corrected chi connectivity index (χ0v) is 7.42. The molecule has 2 aliphatic carbocycles. The molecule has 2 heteroatoms. The summed E-state index contributed by atoms with van der Waals surface area (Å²) in [7, 11) is 0. The van der Waals surface area contributed by atoms with Crippen LogP contribution in [-0.2, 0) is 9.47 Å². The van der Waals surface area contributed by atoms with Crippen LogP contribution in [0.3, 0.4) is 0 Å². The van der Waals surface area contributed by atoms with Crippen molar-refractivity contribution in [2.75, 3.05) is 13.2 Å². The van der Waals surface area contributed by atoms with Gasteiger partial charge in [-0.15, -0.1) is 0 Å². The molecule has 1 spiro atoms. The van der Waals surface area contributed by atoms with E-state index in [-0.39, 0.29) is 5.79 Å². The van der Waals surface area contributed by atoms with Gasteiger partial charge in [0.25, 0.3) is 0 Å². The van der Waals surface area contributed by atoms with Gasteiger partial charge >= 0.3 is 0 Å². The van der Waals surface area contributed by atoms with Crippen molar-refractivity contribution in [2.45, 2.75) is 37.9 Å². The zero-order valence-electron chi connectivity index (χ0n) is 7.42. The maximum absolute atomic E-state index is 5.71. The molecule has 3 fully saturated rings. The first-order valence-electron chi connectivity index (χ1n) is 5.16. The van der Waals surface area contributed by atoms with E-state index in [2.05, 4.69) is 0 Å². The zero-order chi connectivity index (χ0) is 8.02. The molecule has 0 radical (unpaired) electrons. The Balaban J connectivity index is 1.71. The summed E-state index contributed by atoms with van der Waals surface area (Å²) in [6, 6.07) is 0. The van der Waals surface area contributed by atoms with E-state index in [1.54, 1.807) is 0 Å². The molecule has 0 aromatic rings. The van der Waals surface area contributed by atoms with E-state index in [0.29, 0.717) is 0 Å². The predicted molar refractivity (Wildman–Crippen MR) is 44.7 cm³/mol. The highest BCUT2D eigenvalue weighted by Gasteiger charge is 2.46. The second kappa shape index (κ2) is 2.46. The number of fused-ring (bicyclic) bond motifs is 1. The van der Waals surface area contributed by atoms with Crippen molar-refractivity contribution in [3.63, 3.8) is 0 Å². The summed E-state index contributed by atoms with van der Waals surface area (Å²) < 4.78 is 11.4. The van der Waals surface area contributed by atoms with E-state index in [4.69, 9.17) is 9.47 Å². The number of ether oxygens (including phenoxy) is 2. The van der Waals surface area contributed by atoms with Gasteiger partial charge in [-0.05, 0) is 31.1 Å². The first-order valence-corrected chi connectivity index (χ1v) is 5.16. The Morgan fingerprint density at radius 1 is 0.917 bits per heavy atom. The van der Waals surface area contributed by atoms with Gasteiger partial charge in [-0.1, -0.05) is 0 Å². The molecule has 2 nitrogen and oxygen atoms in total. The molecular weight excluding hydrogens is 152 g/mol. The summed E-state index contributed by atoms with van der Waals surface area (Å²) in [5.74, 6) is 1.92. The molecule has 0 unspecified atom stereocenters. The number of hydrogen-bond acceptors (Lipinski definition) is 2. The van der Waals surface area contributed by atoms with Crippen LogP contribution in [0.25, 0.3) is 0 Å². The highest BCUT2D eigenvalue weighted by Crippen LogP contribution is 2.51. The fourth-order valence-electron chi connectivity index (χ4n) is 2.74. The lowest BCUT2D eigenvalue weighted by Crippen LogP contribution is -2.29. The minimum atomic E-state index is -0.132.